The summed E-state index contributed by atoms with van der Waals surface area (Å²) in [6, 6.07) is 8.33. The van der Waals surface area contributed by atoms with Gasteiger partial charge in [0.15, 0.2) is 0 Å². The second kappa shape index (κ2) is 7.96. The van der Waals surface area contributed by atoms with Gasteiger partial charge in [0.2, 0.25) is 0 Å². The number of hydrogen-bond donors (Lipinski definition) is 2. The summed E-state index contributed by atoms with van der Waals surface area (Å²) < 4.78 is 0. The Labute approximate surface area is 106 Å². The second-order valence-electron chi connectivity index (χ2n) is 3.64. The molecule has 0 spiro atoms. The first kappa shape index (κ1) is 13.8. The predicted octanol–water partition coefficient (Wildman–Crippen LogP) is 2.54. The van der Waals surface area contributed by atoms with Crippen molar-refractivity contribution >= 4 is 23.4 Å². The summed E-state index contributed by atoms with van der Waals surface area (Å²) >= 11 is 7.68. The van der Waals surface area contributed by atoms with E-state index in [-0.39, 0.29) is 6.61 Å². The molecule has 0 radical (unpaired) electrons. The third-order valence-corrected chi connectivity index (χ3v) is 3.81. The van der Waals surface area contributed by atoms with Gasteiger partial charge in [-0.05, 0) is 31.2 Å². The highest BCUT2D eigenvalue weighted by Crippen LogP contribution is 2.16. The first-order valence-electron chi connectivity index (χ1n) is 5.36. The predicted molar refractivity (Wildman–Crippen MR) is 72.2 cm³/mol. The van der Waals surface area contributed by atoms with E-state index < -0.39 is 0 Å². The maximum Gasteiger partial charge on any atom is 0.0446 e. The lowest BCUT2D eigenvalue weighted by atomic mass is 10.2. The van der Waals surface area contributed by atoms with E-state index in [4.69, 9.17) is 16.7 Å². The number of nitrogens with one attached hydrogen (secondary N) is 1. The van der Waals surface area contributed by atoms with Crippen LogP contribution in [0.15, 0.2) is 24.3 Å². The number of benzene rings is 1. The van der Waals surface area contributed by atoms with Crippen molar-refractivity contribution in [3.05, 3.63) is 34.9 Å². The van der Waals surface area contributed by atoms with E-state index in [0.29, 0.717) is 6.04 Å². The van der Waals surface area contributed by atoms with E-state index in [9.17, 15) is 0 Å². The van der Waals surface area contributed by atoms with E-state index in [0.717, 1.165) is 22.9 Å². The third-order valence-electron chi connectivity index (χ3n) is 2.39. The van der Waals surface area contributed by atoms with Gasteiger partial charge in [-0.15, -0.1) is 0 Å². The molecule has 4 heteroatoms. The molecule has 0 aliphatic carbocycles. The average Bonchev–Trinajstić information content (AvgIpc) is 2.30. The zero-order valence-electron chi connectivity index (χ0n) is 9.45. The normalized spacial score (nSPS) is 12.7. The van der Waals surface area contributed by atoms with E-state index in [1.165, 1.54) is 5.56 Å². The van der Waals surface area contributed by atoms with E-state index in [1.54, 1.807) is 0 Å². The minimum Gasteiger partial charge on any atom is -0.396 e. The number of rotatable bonds is 7. The van der Waals surface area contributed by atoms with Crippen molar-refractivity contribution in [2.45, 2.75) is 18.2 Å². The van der Waals surface area contributed by atoms with Crippen LogP contribution in [0.1, 0.15) is 12.0 Å². The second-order valence-corrected chi connectivity index (χ2v) is 5.11. The molecule has 1 aromatic carbocycles. The quantitative estimate of drug-likeness (QED) is 0.789. The summed E-state index contributed by atoms with van der Waals surface area (Å²) in [5.41, 5.74) is 1.29. The van der Waals surface area contributed by atoms with Crippen LogP contribution in [-0.4, -0.2) is 30.6 Å². The molecule has 1 unspecified atom stereocenters. The molecule has 0 aliphatic rings. The Balaban J connectivity index is 2.26. The SMILES string of the molecule is CNC(CCO)CSCc1ccc(Cl)cc1. The largest absolute Gasteiger partial charge is 0.396 e. The zero-order valence-corrected chi connectivity index (χ0v) is 11.0. The topological polar surface area (TPSA) is 32.3 Å². The highest BCUT2D eigenvalue weighted by molar-refractivity contribution is 7.98. The molecule has 0 bridgehead atoms. The molecule has 0 amide bonds. The fraction of sp³-hybridized carbons (Fsp3) is 0.500. The number of aliphatic hydroxyl groups is 1. The molecule has 2 nitrogen and oxygen atoms in total. The van der Waals surface area contributed by atoms with Crippen LogP contribution in [0, 0.1) is 0 Å². The maximum absolute atomic E-state index is 8.85. The lowest BCUT2D eigenvalue weighted by molar-refractivity contribution is 0.273. The van der Waals surface area contributed by atoms with Crippen molar-refractivity contribution in [1.82, 2.24) is 5.32 Å². The summed E-state index contributed by atoms with van der Waals surface area (Å²) in [4.78, 5) is 0. The summed E-state index contributed by atoms with van der Waals surface area (Å²) in [5.74, 6) is 2.00. The first-order chi connectivity index (χ1) is 7.76. The van der Waals surface area contributed by atoms with Crippen LogP contribution in [0.4, 0.5) is 0 Å². The van der Waals surface area contributed by atoms with Crippen LogP contribution < -0.4 is 5.32 Å². The smallest absolute Gasteiger partial charge is 0.0446 e. The van der Waals surface area contributed by atoms with Crippen LogP contribution in [0.25, 0.3) is 0 Å². The van der Waals surface area contributed by atoms with Gasteiger partial charge in [0, 0.05) is 29.2 Å². The Hall–Kier alpha value is -0.220. The van der Waals surface area contributed by atoms with E-state index in [2.05, 4.69) is 17.4 Å². The Bertz CT molecular complexity index is 292. The number of thioether (sulfide) groups is 1. The van der Waals surface area contributed by atoms with Gasteiger partial charge < -0.3 is 10.4 Å². The van der Waals surface area contributed by atoms with Gasteiger partial charge in [0.05, 0.1) is 0 Å². The van der Waals surface area contributed by atoms with Crippen LogP contribution in [0.2, 0.25) is 5.02 Å². The first-order valence-corrected chi connectivity index (χ1v) is 6.90. The number of aliphatic hydroxyl groups excluding tert-OH is 1. The molecule has 90 valence electrons. The molecular weight excluding hydrogens is 242 g/mol. The highest BCUT2D eigenvalue weighted by Gasteiger charge is 2.04. The molecule has 0 aliphatic heterocycles. The van der Waals surface area contributed by atoms with Crippen molar-refractivity contribution in [2.24, 2.45) is 0 Å². The lowest BCUT2D eigenvalue weighted by Crippen LogP contribution is -2.28. The van der Waals surface area contributed by atoms with Crippen LogP contribution in [0.5, 0.6) is 0 Å². The minimum absolute atomic E-state index is 0.243. The summed E-state index contributed by atoms with van der Waals surface area (Å²) in [5, 5.41) is 12.8. The molecule has 16 heavy (non-hydrogen) atoms. The van der Waals surface area contributed by atoms with Gasteiger partial charge in [-0.25, -0.2) is 0 Å². The van der Waals surface area contributed by atoms with Gasteiger partial charge >= 0.3 is 0 Å². The van der Waals surface area contributed by atoms with Crippen molar-refractivity contribution in [1.29, 1.82) is 0 Å². The molecular formula is C12H18ClNOS. The van der Waals surface area contributed by atoms with Crippen molar-refractivity contribution < 1.29 is 5.11 Å². The van der Waals surface area contributed by atoms with Crippen LogP contribution >= 0.6 is 23.4 Å². The molecule has 0 fully saturated rings. The minimum atomic E-state index is 0.243. The standard InChI is InChI=1S/C12H18ClNOS/c1-14-12(6-7-15)9-16-8-10-2-4-11(13)5-3-10/h2-5,12,14-15H,6-9H2,1H3. The Kier molecular flexibility index (Phi) is 6.88. The van der Waals surface area contributed by atoms with Gasteiger partial charge in [-0.1, -0.05) is 23.7 Å². The molecule has 0 heterocycles. The zero-order chi connectivity index (χ0) is 11.8. The summed E-state index contributed by atoms with van der Waals surface area (Å²) in [6.45, 7) is 0.243. The molecule has 1 aromatic rings. The van der Waals surface area contributed by atoms with Gasteiger partial charge in [-0.3, -0.25) is 0 Å². The third kappa shape index (κ3) is 5.21. The Morgan fingerprint density at radius 2 is 2.06 bits per heavy atom. The molecule has 0 aromatic heterocycles. The molecule has 0 saturated carbocycles. The fourth-order valence-electron chi connectivity index (χ4n) is 1.37. The molecule has 1 atom stereocenters. The maximum atomic E-state index is 8.85. The van der Waals surface area contributed by atoms with Crippen molar-refractivity contribution in [3.63, 3.8) is 0 Å². The van der Waals surface area contributed by atoms with Gasteiger partial charge in [-0.2, -0.15) is 11.8 Å². The molecule has 1 rings (SSSR count). The molecule has 2 N–H and O–H groups in total. The van der Waals surface area contributed by atoms with Gasteiger partial charge in [0.25, 0.3) is 0 Å². The summed E-state index contributed by atoms with van der Waals surface area (Å²) in [7, 11) is 1.93. The lowest BCUT2D eigenvalue weighted by Gasteiger charge is -2.14. The Morgan fingerprint density at radius 1 is 1.38 bits per heavy atom. The number of halogens is 1. The van der Waals surface area contributed by atoms with E-state index >= 15 is 0 Å². The van der Waals surface area contributed by atoms with Gasteiger partial charge in [0.1, 0.15) is 0 Å². The Morgan fingerprint density at radius 3 is 2.62 bits per heavy atom. The molecule has 0 saturated heterocycles. The average molecular weight is 260 g/mol. The monoisotopic (exact) mass is 259 g/mol. The van der Waals surface area contributed by atoms with Crippen molar-refractivity contribution in [2.75, 3.05) is 19.4 Å². The summed E-state index contributed by atoms with van der Waals surface area (Å²) in [6.07, 6.45) is 0.810. The fourth-order valence-corrected chi connectivity index (χ4v) is 2.66. The highest BCUT2D eigenvalue weighted by atomic mass is 35.5. The van der Waals surface area contributed by atoms with E-state index in [1.807, 2.05) is 30.9 Å². The number of hydrogen-bond acceptors (Lipinski definition) is 3. The van der Waals surface area contributed by atoms with Crippen LogP contribution in [0.3, 0.4) is 0 Å². The van der Waals surface area contributed by atoms with Crippen molar-refractivity contribution in [3.8, 4) is 0 Å². The van der Waals surface area contributed by atoms with Crippen LogP contribution in [-0.2, 0) is 5.75 Å².